The van der Waals surface area contributed by atoms with Crippen LogP contribution in [0.4, 0.5) is 5.69 Å². The van der Waals surface area contributed by atoms with Crippen molar-refractivity contribution in [3.63, 3.8) is 0 Å². The predicted octanol–water partition coefficient (Wildman–Crippen LogP) is 1.45. The molecule has 0 aromatic heterocycles. The van der Waals surface area contributed by atoms with Gasteiger partial charge in [-0.15, -0.1) is 0 Å². The third-order valence-electron chi connectivity index (χ3n) is 6.49. The average Bonchev–Trinajstić information content (AvgIpc) is 3.23. The van der Waals surface area contributed by atoms with E-state index in [4.69, 9.17) is 4.74 Å². The fraction of sp³-hybridized carbons (Fsp3) is 0.348. The number of methoxy groups -OCH3 is 1. The Morgan fingerprint density at radius 2 is 1.73 bits per heavy atom. The maximum absolute atomic E-state index is 13.5. The lowest BCUT2D eigenvalue weighted by atomic mass is 9.78. The number of fused-ring (bicyclic) bond motifs is 1. The molecular weight excluding hydrogens is 384 g/mol. The van der Waals surface area contributed by atoms with E-state index in [0.717, 1.165) is 11.1 Å². The standard InChI is InChI=1S/C23H24N2O5/c1-4-23(22(29)30-3)18-17(19(24-23)14-7-11-16(26)12-8-14)20(27)25(21(18)28)15-9-5-13(2)6-10-15/h5-12,17-19,24,26H,4H2,1-3H3/p+1/t17-,18+,19-,23+/m0/s1. The van der Waals surface area contributed by atoms with E-state index in [1.165, 1.54) is 12.0 Å². The first-order valence-corrected chi connectivity index (χ1v) is 10.0. The van der Waals surface area contributed by atoms with Crippen molar-refractivity contribution < 1.29 is 29.5 Å². The summed E-state index contributed by atoms with van der Waals surface area (Å²) in [7, 11) is 1.30. The number of rotatable bonds is 4. The molecule has 3 N–H and O–H groups in total. The van der Waals surface area contributed by atoms with Crippen LogP contribution in [-0.4, -0.2) is 35.5 Å². The maximum Gasteiger partial charge on any atom is 0.368 e. The molecule has 2 amide bonds. The summed E-state index contributed by atoms with van der Waals surface area (Å²) >= 11 is 0. The summed E-state index contributed by atoms with van der Waals surface area (Å²) < 4.78 is 5.09. The number of amides is 2. The minimum absolute atomic E-state index is 0.109. The summed E-state index contributed by atoms with van der Waals surface area (Å²) in [5, 5.41) is 11.5. The lowest BCUT2D eigenvalue weighted by Gasteiger charge is -2.28. The van der Waals surface area contributed by atoms with Crippen molar-refractivity contribution in [3.05, 3.63) is 59.7 Å². The highest BCUT2D eigenvalue weighted by Gasteiger charge is 2.72. The van der Waals surface area contributed by atoms with Gasteiger partial charge in [0.1, 0.15) is 23.6 Å². The number of carbonyl (C=O) groups excluding carboxylic acids is 3. The van der Waals surface area contributed by atoms with Crippen LogP contribution in [0.1, 0.15) is 30.5 Å². The van der Waals surface area contributed by atoms with E-state index in [1.54, 1.807) is 36.4 Å². The summed E-state index contributed by atoms with van der Waals surface area (Å²) in [5.74, 6) is -2.63. The Hall–Kier alpha value is -3.19. The number of hydrogen-bond acceptors (Lipinski definition) is 5. The number of aromatic hydroxyl groups is 1. The van der Waals surface area contributed by atoms with Crippen molar-refractivity contribution in [1.82, 2.24) is 0 Å². The molecule has 0 aliphatic carbocycles. The van der Waals surface area contributed by atoms with Gasteiger partial charge >= 0.3 is 5.97 Å². The maximum atomic E-state index is 13.5. The van der Waals surface area contributed by atoms with Crippen LogP contribution in [0.2, 0.25) is 0 Å². The summed E-state index contributed by atoms with van der Waals surface area (Å²) in [6.45, 7) is 3.76. The molecule has 0 unspecified atom stereocenters. The lowest BCUT2D eigenvalue weighted by molar-refractivity contribution is -0.734. The monoisotopic (exact) mass is 409 g/mol. The second-order valence-electron chi connectivity index (χ2n) is 8.02. The molecule has 0 bridgehead atoms. The Morgan fingerprint density at radius 3 is 2.30 bits per heavy atom. The molecule has 2 heterocycles. The van der Waals surface area contributed by atoms with Crippen LogP contribution in [-0.2, 0) is 19.1 Å². The number of anilines is 1. The quantitative estimate of drug-likeness (QED) is 0.588. The Morgan fingerprint density at radius 1 is 1.10 bits per heavy atom. The zero-order valence-corrected chi connectivity index (χ0v) is 17.2. The van der Waals surface area contributed by atoms with E-state index in [-0.39, 0.29) is 17.6 Å². The van der Waals surface area contributed by atoms with Gasteiger partial charge in [0.25, 0.3) is 0 Å². The molecule has 0 radical (unpaired) electrons. The Labute approximate surface area is 174 Å². The molecule has 156 valence electrons. The zero-order chi connectivity index (χ0) is 21.6. The van der Waals surface area contributed by atoms with Gasteiger partial charge in [0, 0.05) is 12.0 Å². The normalized spacial score (nSPS) is 28.0. The van der Waals surface area contributed by atoms with E-state index in [1.807, 2.05) is 31.3 Å². The number of aryl methyl sites for hydroxylation is 1. The fourth-order valence-corrected chi connectivity index (χ4v) is 4.94. The van der Waals surface area contributed by atoms with Crippen molar-refractivity contribution in [2.75, 3.05) is 12.0 Å². The molecule has 2 saturated heterocycles. The van der Waals surface area contributed by atoms with Gasteiger partial charge in [-0.3, -0.25) is 9.59 Å². The number of esters is 1. The number of nitrogens with zero attached hydrogens (tertiary/aromatic N) is 1. The van der Waals surface area contributed by atoms with E-state index >= 15 is 0 Å². The van der Waals surface area contributed by atoms with Gasteiger partial charge in [0.15, 0.2) is 0 Å². The molecule has 2 aromatic carbocycles. The van der Waals surface area contributed by atoms with Crippen LogP contribution in [0.25, 0.3) is 0 Å². The molecule has 0 saturated carbocycles. The molecule has 4 rings (SSSR count). The van der Waals surface area contributed by atoms with Crippen LogP contribution in [0, 0.1) is 18.8 Å². The highest BCUT2D eigenvalue weighted by atomic mass is 16.5. The average molecular weight is 409 g/mol. The minimum atomic E-state index is -1.19. The predicted molar refractivity (Wildman–Crippen MR) is 108 cm³/mol. The first kappa shape index (κ1) is 20.1. The summed E-state index contributed by atoms with van der Waals surface area (Å²) in [6, 6.07) is 13.3. The molecule has 2 aromatic rings. The SMILES string of the molecule is CC[C@@]1(C(=O)OC)[NH2+][C@@H](c2ccc(O)cc2)[C@H]2C(=O)N(c3ccc(C)cc3)C(=O)[C@@H]21. The van der Waals surface area contributed by atoms with E-state index < -0.39 is 29.4 Å². The molecule has 2 fully saturated rings. The molecule has 2 aliphatic rings. The van der Waals surface area contributed by atoms with E-state index in [2.05, 4.69) is 0 Å². The Bertz CT molecular complexity index is 1000. The number of phenolic OH excluding ortho intramolecular Hbond substituents is 1. The topological polar surface area (TPSA) is 101 Å². The largest absolute Gasteiger partial charge is 0.508 e. The van der Waals surface area contributed by atoms with Gasteiger partial charge in [-0.2, -0.15) is 0 Å². The molecule has 7 heteroatoms. The number of ether oxygens (including phenoxy) is 1. The highest BCUT2D eigenvalue weighted by molar-refractivity contribution is 6.23. The van der Waals surface area contributed by atoms with Gasteiger partial charge in [-0.1, -0.05) is 24.6 Å². The Balaban J connectivity index is 1.84. The number of benzene rings is 2. The minimum Gasteiger partial charge on any atom is -0.508 e. The van der Waals surface area contributed by atoms with Crippen LogP contribution in [0.5, 0.6) is 5.75 Å². The summed E-state index contributed by atoms with van der Waals surface area (Å²) in [6.07, 6.45) is 0.343. The van der Waals surface area contributed by atoms with Crippen LogP contribution >= 0.6 is 0 Å². The smallest absolute Gasteiger partial charge is 0.368 e. The van der Waals surface area contributed by atoms with Crippen molar-refractivity contribution in [1.29, 1.82) is 0 Å². The number of nitrogens with two attached hydrogens (primary N) is 1. The van der Waals surface area contributed by atoms with Crippen LogP contribution < -0.4 is 10.2 Å². The number of carbonyl (C=O) groups is 3. The van der Waals surface area contributed by atoms with Crippen molar-refractivity contribution in [2.24, 2.45) is 11.8 Å². The number of imide groups is 1. The van der Waals surface area contributed by atoms with Gasteiger partial charge < -0.3 is 15.2 Å². The summed E-state index contributed by atoms with van der Waals surface area (Å²) in [4.78, 5) is 41.2. The van der Waals surface area contributed by atoms with Gasteiger partial charge in [0.2, 0.25) is 17.4 Å². The number of hydrogen-bond donors (Lipinski definition) is 2. The Kier molecular flexibility index (Phi) is 4.86. The third kappa shape index (κ3) is 2.81. The third-order valence-corrected chi connectivity index (χ3v) is 6.49. The molecule has 7 nitrogen and oxygen atoms in total. The van der Waals surface area contributed by atoms with E-state index in [0.29, 0.717) is 12.1 Å². The summed E-state index contributed by atoms with van der Waals surface area (Å²) in [5.41, 5.74) is 1.11. The van der Waals surface area contributed by atoms with Crippen molar-refractivity contribution >= 4 is 23.5 Å². The van der Waals surface area contributed by atoms with E-state index in [9.17, 15) is 19.5 Å². The molecule has 2 aliphatic heterocycles. The van der Waals surface area contributed by atoms with Crippen LogP contribution in [0.15, 0.2) is 48.5 Å². The highest BCUT2D eigenvalue weighted by Crippen LogP contribution is 2.47. The lowest BCUT2D eigenvalue weighted by Crippen LogP contribution is -2.98. The number of quaternary nitrogens is 1. The van der Waals surface area contributed by atoms with Crippen molar-refractivity contribution in [2.45, 2.75) is 31.8 Å². The molecule has 4 atom stereocenters. The second kappa shape index (κ2) is 7.25. The number of phenols is 1. The molecule has 0 spiro atoms. The first-order valence-electron chi connectivity index (χ1n) is 10.0. The first-order chi connectivity index (χ1) is 14.3. The van der Waals surface area contributed by atoms with Crippen molar-refractivity contribution in [3.8, 4) is 5.75 Å². The van der Waals surface area contributed by atoms with Gasteiger partial charge in [0.05, 0.1) is 12.8 Å². The zero-order valence-electron chi connectivity index (χ0n) is 17.2. The molecular formula is C23H25N2O5+. The van der Waals surface area contributed by atoms with Crippen LogP contribution in [0.3, 0.4) is 0 Å². The van der Waals surface area contributed by atoms with Gasteiger partial charge in [-0.25, -0.2) is 9.69 Å². The fourth-order valence-electron chi connectivity index (χ4n) is 4.94. The van der Waals surface area contributed by atoms with Gasteiger partial charge in [-0.05, 0) is 43.3 Å². The second-order valence-corrected chi connectivity index (χ2v) is 8.02. The molecule has 30 heavy (non-hydrogen) atoms.